The van der Waals surface area contributed by atoms with E-state index in [1.807, 2.05) is 4.90 Å². The van der Waals surface area contributed by atoms with Crippen molar-refractivity contribution in [3.8, 4) is 5.75 Å². The predicted octanol–water partition coefficient (Wildman–Crippen LogP) is 5.68. The number of para-hydroxylation sites is 1. The minimum absolute atomic E-state index is 0.115. The molecule has 0 N–H and O–H groups in total. The molecule has 1 aliphatic heterocycles. The summed E-state index contributed by atoms with van der Waals surface area (Å²) in [5, 5.41) is 1.35. The molecule has 3 heterocycles. The van der Waals surface area contributed by atoms with E-state index in [2.05, 4.69) is 14.7 Å². The van der Waals surface area contributed by atoms with Gasteiger partial charge in [0.25, 0.3) is 5.91 Å². The highest BCUT2D eigenvalue weighted by Gasteiger charge is 2.31. The summed E-state index contributed by atoms with van der Waals surface area (Å²) in [5.41, 5.74) is 1.67. The summed E-state index contributed by atoms with van der Waals surface area (Å²) in [5.74, 6) is -0.927. The highest BCUT2D eigenvalue weighted by Crippen LogP contribution is 2.34. The number of alkyl halides is 3. The monoisotopic (exact) mass is 612 g/mol. The van der Waals surface area contributed by atoms with Gasteiger partial charge in [-0.3, -0.25) is 9.78 Å². The maximum Gasteiger partial charge on any atom is 0.573 e. The van der Waals surface area contributed by atoms with Gasteiger partial charge in [-0.2, -0.15) is 0 Å². The lowest BCUT2D eigenvalue weighted by atomic mass is 10.1. The fourth-order valence-corrected chi connectivity index (χ4v) is 7.57. The molecule has 3 aromatic carbocycles. The maximum atomic E-state index is 13.6. The molecular formula is C29H23F3N4O4S2. The summed E-state index contributed by atoms with van der Waals surface area (Å²) >= 11 is 1.25. The number of carbonyl (C=O) groups excluding carboxylic acids is 1. The average molecular weight is 613 g/mol. The summed E-state index contributed by atoms with van der Waals surface area (Å²) in [4.78, 5) is 26.1. The number of piperazine rings is 1. The van der Waals surface area contributed by atoms with Gasteiger partial charge in [0.15, 0.2) is 15.0 Å². The number of halogens is 3. The van der Waals surface area contributed by atoms with Crippen LogP contribution in [0.15, 0.2) is 83.9 Å². The third-order valence-electron chi connectivity index (χ3n) is 6.94. The van der Waals surface area contributed by atoms with Crippen molar-refractivity contribution in [3.05, 3.63) is 90.1 Å². The summed E-state index contributed by atoms with van der Waals surface area (Å²) in [6.07, 6.45) is -3.23. The fourth-order valence-electron chi connectivity index (χ4n) is 4.96. The number of sulfone groups is 1. The number of aromatic nitrogens is 2. The summed E-state index contributed by atoms with van der Waals surface area (Å²) in [7, 11) is -3.82. The van der Waals surface area contributed by atoms with Gasteiger partial charge in [-0.05, 0) is 35.9 Å². The lowest BCUT2D eigenvalue weighted by molar-refractivity contribution is -0.274. The number of carbonyl (C=O) groups is 1. The molecule has 0 radical (unpaired) electrons. The number of thiazole rings is 1. The van der Waals surface area contributed by atoms with Crippen LogP contribution in [0.5, 0.6) is 5.75 Å². The summed E-state index contributed by atoms with van der Waals surface area (Å²) in [6.45, 7) is 1.65. The van der Waals surface area contributed by atoms with Crippen molar-refractivity contribution in [1.82, 2.24) is 14.9 Å². The van der Waals surface area contributed by atoms with Crippen LogP contribution in [0.4, 0.5) is 18.3 Å². The van der Waals surface area contributed by atoms with E-state index in [-0.39, 0.29) is 22.3 Å². The average Bonchev–Trinajstić information content (AvgIpc) is 3.39. The predicted molar refractivity (Wildman–Crippen MR) is 153 cm³/mol. The van der Waals surface area contributed by atoms with Gasteiger partial charge in [-0.1, -0.05) is 47.7 Å². The molecule has 13 heteroatoms. The molecule has 1 fully saturated rings. The molecule has 1 saturated heterocycles. The number of pyridine rings is 1. The Morgan fingerprint density at radius 1 is 0.952 bits per heavy atom. The highest BCUT2D eigenvalue weighted by atomic mass is 32.2. The maximum absolute atomic E-state index is 13.6. The lowest BCUT2D eigenvalue weighted by Gasteiger charge is -2.35. The first kappa shape index (κ1) is 27.9. The number of amides is 1. The second-order valence-corrected chi connectivity index (χ2v) is 12.7. The Kier molecular flexibility index (Phi) is 7.23. The minimum atomic E-state index is -4.78. The van der Waals surface area contributed by atoms with Crippen molar-refractivity contribution < 1.29 is 31.1 Å². The van der Waals surface area contributed by atoms with Crippen LogP contribution >= 0.6 is 11.3 Å². The summed E-state index contributed by atoms with van der Waals surface area (Å²) in [6, 6.07) is 19.3. The molecule has 0 unspecified atom stereocenters. The van der Waals surface area contributed by atoms with Gasteiger partial charge < -0.3 is 14.5 Å². The van der Waals surface area contributed by atoms with Crippen LogP contribution in [0.25, 0.3) is 21.1 Å². The Labute approximate surface area is 242 Å². The van der Waals surface area contributed by atoms with Crippen LogP contribution in [0, 0.1) is 0 Å². The van der Waals surface area contributed by atoms with E-state index in [0.29, 0.717) is 63.6 Å². The van der Waals surface area contributed by atoms with Gasteiger partial charge >= 0.3 is 6.36 Å². The second kappa shape index (κ2) is 10.9. The van der Waals surface area contributed by atoms with E-state index in [1.54, 1.807) is 59.6 Å². The number of hydrogen-bond acceptors (Lipinski definition) is 8. The van der Waals surface area contributed by atoms with Crippen LogP contribution in [-0.4, -0.2) is 61.7 Å². The largest absolute Gasteiger partial charge is 0.573 e. The topological polar surface area (TPSA) is 92.7 Å². The first-order valence-corrected chi connectivity index (χ1v) is 15.4. The molecule has 216 valence electrons. The van der Waals surface area contributed by atoms with E-state index in [0.717, 1.165) is 0 Å². The molecule has 8 nitrogen and oxygen atoms in total. The SMILES string of the molecule is O=C(c1ccccc1CS(=O)(=O)c1cccc2cccnc12)N1CCN(c2nc3ccc(OC(F)(F)F)cc3s2)CC1. The molecule has 2 aromatic heterocycles. The Morgan fingerprint density at radius 2 is 1.71 bits per heavy atom. The van der Waals surface area contributed by atoms with E-state index >= 15 is 0 Å². The number of fused-ring (bicyclic) bond motifs is 2. The van der Waals surface area contributed by atoms with Crippen LogP contribution in [0.2, 0.25) is 0 Å². The van der Waals surface area contributed by atoms with Gasteiger partial charge in [0.2, 0.25) is 0 Å². The number of benzene rings is 3. The van der Waals surface area contributed by atoms with Gasteiger partial charge in [-0.25, -0.2) is 13.4 Å². The molecule has 0 atom stereocenters. The molecular weight excluding hydrogens is 589 g/mol. The first-order chi connectivity index (χ1) is 20.1. The minimum Gasteiger partial charge on any atom is -0.406 e. The quantitative estimate of drug-likeness (QED) is 0.244. The zero-order valence-electron chi connectivity index (χ0n) is 21.9. The molecule has 0 aliphatic carbocycles. The van der Waals surface area contributed by atoms with Crippen LogP contribution < -0.4 is 9.64 Å². The molecule has 1 amide bonds. The number of anilines is 1. The molecule has 42 heavy (non-hydrogen) atoms. The van der Waals surface area contributed by atoms with Crippen molar-refractivity contribution in [2.24, 2.45) is 0 Å². The van der Waals surface area contributed by atoms with Crippen LogP contribution in [0.3, 0.4) is 0 Å². The molecule has 5 aromatic rings. The highest BCUT2D eigenvalue weighted by molar-refractivity contribution is 7.90. The van der Waals surface area contributed by atoms with E-state index in [9.17, 15) is 26.4 Å². The van der Waals surface area contributed by atoms with Gasteiger partial charge in [0, 0.05) is 49.4 Å². The number of hydrogen-bond donors (Lipinski definition) is 0. The number of nitrogens with zero attached hydrogens (tertiary/aromatic N) is 4. The Balaban J connectivity index is 1.17. The van der Waals surface area contributed by atoms with E-state index < -0.39 is 16.2 Å². The van der Waals surface area contributed by atoms with Crippen molar-refractivity contribution in [3.63, 3.8) is 0 Å². The normalized spacial score (nSPS) is 14.5. The Bertz CT molecular complexity index is 1900. The standard InChI is InChI=1S/C29H23F3N4O4S2/c30-29(31,32)40-21-10-11-23-24(17-21)41-28(34-23)36-15-13-35(14-16-36)27(37)22-8-2-1-5-20(22)18-42(38,39)25-9-3-6-19-7-4-12-33-26(19)25/h1-12,17H,13-16,18H2. The van der Waals surface area contributed by atoms with Gasteiger partial charge in [-0.15, -0.1) is 13.2 Å². The smallest absolute Gasteiger partial charge is 0.406 e. The number of rotatable bonds is 6. The van der Waals surface area contributed by atoms with Crippen molar-refractivity contribution in [2.75, 3.05) is 31.1 Å². The third-order valence-corrected chi connectivity index (χ3v) is 9.71. The lowest BCUT2D eigenvalue weighted by Crippen LogP contribution is -2.49. The molecule has 0 saturated carbocycles. The second-order valence-electron chi connectivity index (χ2n) is 9.70. The van der Waals surface area contributed by atoms with Crippen molar-refractivity contribution in [1.29, 1.82) is 0 Å². The number of ether oxygens (including phenoxy) is 1. The summed E-state index contributed by atoms with van der Waals surface area (Å²) < 4.78 is 69.3. The van der Waals surface area contributed by atoms with E-state index in [1.165, 1.54) is 35.6 Å². The van der Waals surface area contributed by atoms with Crippen molar-refractivity contribution in [2.45, 2.75) is 17.0 Å². The van der Waals surface area contributed by atoms with E-state index in [4.69, 9.17) is 0 Å². The van der Waals surface area contributed by atoms with Gasteiger partial charge in [0.1, 0.15) is 5.75 Å². The molecule has 0 bridgehead atoms. The Hall–Kier alpha value is -4.23. The zero-order chi connectivity index (χ0) is 29.5. The fraction of sp³-hybridized carbons (Fsp3) is 0.207. The first-order valence-electron chi connectivity index (χ1n) is 12.9. The Morgan fingerprint density at radius 3 is 2.50 bits per heavy atom. The van der Waals surface area contributed by atoms with Crippen LogP contribution in [0.1, 0.15) is 15.9 Å². The van der Waals surface area contributed by atoms with Crippen LogP contribution in [-0.2, 0) is 15.6 Å². The molecule has 1 aliphatic rings. The molecule has 0 spiro atoms. The zero-order valence-corrected chi connectivity index (χ0v) is 23.5. The van der Waals surface area contributed by atoms with Gasteiger partial charge in [0.05, 0.1) is 26.4 Å². The molecule has 6 rings (SSSR count). The third kappa shape index (κ3) is 5.74. The van der Waals surface area contributed by atoms with Crippen molar-refractivity contribution >= 4 is 53.3 Å².